The molecule has 20 heavy (non-hydrogen) atoms. The molecule has 108 valence electrons. The Morgan fingerprint density at radius 3 is 2.70 bits per heavy atom. The van der Waals surface area contributed by atoms with E-state index >= 15 is 0 Å². The normalized spacial score (nSPS) is 22.3. The Morgan fingerprint density at radius 2 is 2.15 bits per heavy atom. The maximum atomic E-state index is 13.2. The Kier molecular flexibility index (Phi) is 4.32. The van der Waals surface area contributed by atoms with Crippen molar-refractivity contribution in [1.29, 1.82) is 0 Å². The summed E-state index contributed by atoms with van der Waals surface area (Å²) in [6, 6.07) is 4.49. The zero-order valence-electron chi connectivity index (χ0n) is 11.2. The summed E-state index contributed by atoms with van der Waals surface area (Å²) in [6.07, 6.45) is 0. The predicted octanol–water partition coefficient (Wildman–Crippen LogP) is 2.45. The second kappa shape index (κ2) is 5.83. The molecule has 1 amide bonds. The Balaban J connectivity index is 2.34. The topological polar surface area (TPSA) is 57.6 Å². The van der Waals surface area contributed by atoms with Crippen LogP contribution < -0.4 is 0 Å². The average molecular weight is 297 g/mol. The fourth-order valence-corrected chi connectivity index (χ4v) is 3.73. The van der Waals surface area contributed by atoms with Crippen LogP contribution in [0.4, 0.5) is 4.39 Å². The van der Waals surface area contributed by atoms with Crippen LogP contribution in [0.5, 0.6) is 0 Å². The van der Waals surface area contributed by atoms with Crippen molar-refractivity contribution in [2.75, 3.05) is 5.75 Å². The van der Waals surface area contributed by atoms with Gasteiger partial charge in [-0.25, -0.2) is 9.18 Å². The number of carboxylic acids is 1. The molecule has 1 aliphatic rings. The molecule has 0 aromatic heterocycles. The van der Waals surface area contributed by atoms with Gasteiger partial charge in [0.2, 0.25) is 0 Å². The second-order valence-corrected chi connectivity index (χ2v) is 6.19. The fourth-order valence-electron chi connectivity index (χ4n) is 2.26. The average Bonchev–Trinajstić information content (AvgIpc) is 2.82. The monoisotopic (exact) mass is 297 g/mol. The van der Waals surface area contributed by atoms with Crippen LogP contribution in [0.1, 0.15) is 24.2 Å². The van der Waals surface area contributed by atoms with E-state index in [1.807, 2.05) is 13.8 Å². The van der Waals surface area contributed by atoms with Crippen molar-refractivity contribution in [2.45, 2.75) is 25.3 Å². The van der Waals surface area contributed by atoms with Crippen molar-refractivity contribution in [1.82, 2.24) is 4.90 Å². The molecular formula is C14H16FNO3S. The predicted molar refractivity (Wildman–Crippen MR) is 75.1 cm³/mol. The lowest BCUT2D eigenvalue weighted by molar-refractivity contribution is -0.141. The molecule has 2 atom stereocenters. The van der Waals surface area contributed by atoms with Gasteiger partial charge in [-0.2, -0.15) is 0 Å². The minimum Gasteiger partial charge on any atom is -0.480 e. The van der Waals surface area contributed by atoms with Crippen LogP contribution in [-0.4, -0.2) is 39.1 Å². The summed E-state index contributed by atoms with van der Waals surface area (Å²) in [4.78, 5) is 25.2. The van der Waals surface area contributed by atoms with E-state index in [0.29, 0.717) is 5.75 Å². The highest BCUT2D eigenvalue weighted by Gasteiger charge is 2.43. The molecule has 0 saturated carbocycles. The van der Waals surface area contributed by atoms with Gasteiger partial charge in [0.15, 0.2) is 0 Å². The van der Waals surface area contributed by atoms with Gasteiger partial charge >= 0.3 is 5.97 Å². The molecule has 0 aliphatic carbocycles. The van der Waals surface area contributed by atoms with Crippen LogP contribution in [0.3, 0.4) is 0 Å². The van der Waals surface area contributed by atoms with Gasteiger partial charge in [0.1, 0.15) is 11.9 Å². The molecule has 1 aromatic carbocycles. The maximum Gasteiger partial charge on any atom is 0.327 e. The minimum absolute atomic E-state index is 0.127. The molecule has 1 aliphatic heterocycles. The maximum absolute atomic E-state index is 13.2. The molecular weight excluding hydrogens is 281 g/mol. The largest absolute Gasteiger partial charge is 0.480 e. The van der Waals surface area contributed by atoms with E-state index < -0.39 is 23.7 Å². The van der Waals surface area contributed by atoms with E-state index in [1.165, 1.54) is 34.9 Å². The summed E-state index contributed by atoms with van der Waals surface area (Å²) in [5.74, 6) is -1.47. The van der Waals surface area contributed by atoms with Crippen LogP contribution in [0, 0.1) is 11.7 Å². The van der Waals surface area contributed by atoms with Gasteiger partial charge in [-0.1, -0.05) is 19.9 Å². The zero-order valence-corrected chi connectivity index (χ0v) is 12.1. The van der Waals surface area contributed by atoms with Crippen LogP contribution in [0.2, 0.25) is 0 Å². The molecule has 0 spiro atoms. The highest BCUT2D eigenvalue weighted by Crippen LogP contribution is 2.35. The van der Waals surface area contributed by atoms with Gasteiger partial charge < -0.3 is 10.0 Å². The summed E-state index contributed by atoms with van der Waals surface area (Å²) in [5, 5.41) is 9.05. The number of carbonyl (C=O) groups is 2. The van der Waals surface area contributed by atoms with Gasteiger partial charge in [-0.3, -0.25) is 4.79 Å². The standard InChI is InChI=1S/C14H16FNO3S/c1-8(2)13-16(11(7-20-13)14(18)19)12(17)9-4-3-5-10(15)6-9/h3-6,8,11,13H,7H2,1-2H3,(H,18,19)/t11-,13-/m0/s1. The number of thioether (sulfide) groups is 1. The lowest BCUT2D eigenvalue weighted by Crippen LogP contribution is -2.47. The van der Waals surface area contributed by atoms with E-state index in [2.05, 4.69) is 0 Å². The molecule has 1 N–H and O–H groups in total. The third-order valence-corrected chi connectivity index (χ3v) is 4.82. The van der Waals surface area contributed by atoms with Crippen LogP contribution in [0.25, 0.3) is 0 Å². The van der Waals surface area contributed by atoms with Crippen LogP contribution >= 0.6 is 11.8 Å². The Hall–Kier alpha value is -1.56. The van der Waals surface area contributed by atoms with Crippen molar-refractivity contribution >= 4 is 23.6 Å². The third-order valence-electron chi connectivity index (χ3n) is 3.20. The number of halogens is 1. The molecule has 1 aromatic rings. The van der Waals surface area contributed by atoms with Gasteiger partial charge in [0.25, 0.3) is 5.91 Å². The Bertz CT molecular complexity index is 535. The summed E-state index contributed by atoms with van der Waals surface area (Å²) < 4.78 is 13.2. The quantitative estimate of drug-likeness (QED) is 0.931. The molecule has 0 bridgehead atoms. The summed E-state index contributed by atoms with van der Waals surface area (Å²) >= 11 is 1.45. The smallest absolute Gasteiger partial charge is 0.327 e. The van der Waals surface area contributed by atoms with Crippen LogP contribution in [-0.2, 0) is 4.79 Å². The van der Waals surface area contributed by atoms with Gasteiger partial charge in [0, 0.05) is 11.3 Å². The van der Waals surface area contributed by atoms with Gasteiger partial charge in [0.05, 0.1) is 5.37 Å². The summed E-state index contributed by atoms with van der Waals surface area (Å²) in [6.45, 7) is 3.88. The third kappa shape index (κ3) is 2.80. The van der Waals surface area contributed by atoms with Crippen molar-refractivity contribution in [3.05, 3.63) is 35.6 Å². The number of hydrogen-bond donors (Lipinski definition) is 1. The highest BCUT2D eigenvalue weighted by molar-refractivity contribution is 8.00. The summed E-state index contributed by atoms with van der Waals surface area (Å²) in [7, 11) is 0. The van der Waals surface area contributed by atoms with Crippen molar-refractivity contribution < 1.29 is 19.1 Å². The summed E-state index contributed by atoms with van der Waals surface area (Å²) in [5.41, 5.74) is 0.185. The highest BCUT2D eigenvalue weighted by atomic mass is 32.2. The number of rotatable bonds is 3. The number of aliphatic carboxylic acids is 1. The van der Waals surface area contributed by atoms with E-state index in [-0.39, 0.29) is 16.9 Å². The molecule has 4 nitrogen and oxygen atoms in total. The second-order valence-electron chi connectivity index (χ2n) is 5.04. The molecule has 0 unspecified atom stereocenters. The molecule has 1 saturated heterocycles. The SMILES string of the molecule is CC(C)[C@@H]1SC[C@@H](C(=O)O)N1C(=O)c1cccc(F)c1. The first-order valence-corrected chi connectivity index (χ1v) is 7.39. The van der Waals surface area contributed by atoms with E-state index in [4.69, 9.17) is 0 Å². The van der Waals surface area contributed by atoms with Crippen molar-refractivity contribution in [2.24, 2.45) is 5.92 Å². The number of hydrogen-bond acceptors (Lipinski definition) is 3. The molecule has 0 radical (unpaired) electrons. The van der Waals surface area contributed by atoms with Crippen molar-refractivity contribution in [3.8, 4) is 0 Å². The number of carboxylic acid groups (broad SMARTS) is 1. The Morgan fingerprint density at radius 1 is 1.45 bits per heavy atom. The van der Waals surface area contributed by atoms with E-state index in [1.54, 1.807) is 0 Å². The lowest BCUT2D eigenvalue weighted by atomic mass is 10.1. The number of amides is 1. The lowest BCUT2D eigenvalue weighted by Gasteiger charge is -2.29. The number of benzene rings is 1. The van der Waals surface area contributed by atoms with Gasteiger partial charge in [-0.05, 0) is 24.1 Å². The van der Waals surface area contributed by atoms with Crippen LogP contribution in [0.15, 0.2) is 24.3 Å². The minimum atomic E-state index is -1.02. The first-order chi connectivity index (χ1) is 9.41. The van der Waals surface area contributed by atoms with Crippen molar-refractivity contribution in [3.63, 3.8) is 0 Å². The molecule has 6 heteroatoms. The first-order valence-electron chi connectivity index (χ1n) is 6.34. The number of nitrogens with zero attached hydrogens (tertiary/aromatic N) is 1. The number of carbonyl (C=O) groups excluding carboxylic acids is 1. The molecule has 1 fully saturated rings. The fraction of sp³-hybridized carbons (Fsp3) is 0.429. The first kappa shape index (κ1) is 14.8. The Labute approximate surface area is 121 Å². The van der Waals surface area contributed by atoms with E-state index in [9.17, 15) is 19.1 Å². The van der Waals surface area contributed by atoms with E-state index in [0.717, 1.165) is 6.07 Å². The van der Waals surface area contributed by atoms with Gasteiger partial charge in [-0.15, -0.1) is 11.8 Å². The zero-order chi connectivity index (χ0) is 14.9. The molecule has 2 rings (SSSR count). The molecule has 1 heterocycles.